The number of carbonyl (C=O) groups excluding carboxylic acids is 1. The summed E-state index contributed by atoms with van der Waals surface area (Å²) in [5.74, 6) is 0.614. The molecule has 0 atom stereocenters. The van der Waals surface area contributed by atoms with E-state index in [2.05, 4.69) is 29.0 Å². The van der Waals surface area contributed by atoms with E-state index in [0.717, 1.165) is 22.7 Å². The molecule has 1 amide bonds. The molecular weight excluding hydrogens is 284 g/mol. The quantitative estimate of drug-likeness (QED) is 0.850. The number of anilines is 2. The second kappa shape index (κ2) is 6.10. The number of thioether (sulfide) groups is 1. The van der Waals surface area contributed by atoms with E-state index in [1.54, 1.807) is 11.8 Å². The molecule has 0 saturated heterocycles. The standard InChI is InChI=1S/C16H16N2O2S/c1-21-13-4-2-3-12(8-13)17-9-11-5-6-15-14(7-11)18-16(19)10-20-15/h2-8,17H,9-10H2,1H3,(H,18,19). The predicted octanol–water partition coefficient (Wildman–Crippen LogP) is 3.35. The van der Waals surface area contributed by atoms with Gasteiger partial charge >= 0.3 is 0 Å². The predicted molar refractivity (Wildman–Crippen MR) is 86.1 cm³/mol. The highest BCUT2D eigenvalue weighted by molar-refractivity contribution is 7.98. The molecule has 0 aromatic heterocycles. The molecule has 1 aliphatic heterocycles. The molecule has 5 heteroatoms. The Labute approximate surface area is 127 Å². The number of amides is 1. The maximum atomic E-state index is 11.3. The van der Waals surface area contributed by atoms with Crippen molar-refractivity contribution in [2.45, 2.75) is 11.4 Å². The van der Waals surface area contributed by atoms with Gasteiger partial charge in [-0.05, 0) is 42.2 Å². The van der Waals surface area contributed by atoms with Crippen LogP contribution in [0.3, 0.4) is 0 Å². The molecule has 2 aromatic rings. The van der Waals surface area contributed by atoms with Crippen LogP contribution in [0.5, 0.6) is 5.75 Å². The van der Waals surface area contributed by atoms with Gasteiger partial charge in [-0.2, -0.15) is 0 Å². The minimum atomic E-state index is -0.111. The van der Waals surface area contributed by atoms with Gasteiger partial charge in [0.15, 0.2) is 6.61 Å². The second-order valence-electron chi connectivity index (χ2n) is 4.75. The highest BCUT2D eigenvalue weighted by atomic mass is 32.2. The Balaban J connectivity index is 1.70. The molecule has 1 heterocycles. The van der Waals surface area contributed by atoms with Crippen molar-refractivity contribution < 1.29 is 9.53 Å². The summed E-state index contributed by atoms with van der Waals surface area (Å²) in [5, 5.41) is 6.21. The second-order valence-corrected chi connectivity index (χ2v) is 5.63. The van der Waals surface area contributed by atoms with Gasteiger partial charge in [0.1, 0.15) is 5.75 Å². The number of benzene rings is 2. The van der Waals surface area contributed by atoms with Crippen LogP contribution in [0.4, 0.5) is 11.4 Å². The van der Waals surface area contributed by atoms with Crippen molar-refractivity contribution in [1.29, 1.82) is 0 Å². The van der Waals surface area contributed by atoms with Crippen molar-refractivity contribution in [2.75, 3.05) is 23.5 Å². The number of carbonyl (C=O) groups is 1. The molecule has 1 aliphatic rings. The summed E-state index contributed by atoms with van der Waals surface area (Å²) in [4.78, 5) is 12.6. The summed E-state index contributed by atoms with van der Waals surface area (Å²) in [5.41, 5.74) is 2.91. The molecular formula is C16H16N2O2S. The Bertz CT molecular complexity index is 673. The smallest absolute Gasteiger partial charge is 0.262 e. The average Bonchev–Trinajstić information content (AvgIpc) is 2.52. The lowest BCUT2D eigenvalue weighted by Crippen LogP contribution is -2.25. The Morgan fingerprint density at radius 2 is 2.19 bits per heavy atom. The van der Waals surface area contributed by atoms with Crippen LogP contribution in [0.2, 0.25) is 0 Å². The number of fused-ring (bicyclic) bond motifs is 1. The van der Waals surface area contributed by atoms with Crippen LogP contribution in [-0.4, -0.2) is 18.8 Å². The van der Waals surface area contributed by atoms with E-state index in [1.165, 1.54) is 4.90 Å². The minimum Gasteiger partial charge on any atom is -0.482 e. The first-order chi connectivity index (χ1) is 10.2. The van der Waals surface area contributed by atoms with Crippen molar-refractivity contribution >= 4 is 29.0 Å². The number of rotatable bonds is 4. The number of hydrogen-bond donors (Lipinski definition) is 2. The lowest BCUT2D eigenvalue weighted by Gasteiger charge is -2.18. The SMILES string of the molecule is CSc1cccc(NCc2ccc3c(c2)NC(=O)CO3)c1. The van der Waals surface area contributed by atoms with Crippen LogP contribution in [-0.2, 0) is 11.3 Å². The molecule has 0 radical (unpaired) electrons. The number of nitrogens with one attached hydrogen (secondary N) is 2. The van der Waals surface area contributed by atoms with Crippen molar-refractivity contribution in [3.05, 3.63) is 48.0 Å². The molecule has 3 rings (SSSR count). The van der Waals surface area contributed by atoms with E-state index in [9.17, 15) is 4.79 Å². The fourth-order valence-electron chi connectivity index (χ4n) is 2.18. The normalized spacial score (nSPS) is 13.1. The summed E-state index contributed by atoms with van der Waals surface area (Å²) in [6.45, 7) is 0.785. The van der Waals surface area contributed by atoms with Crippen molar-refractivity contribution in [3.8, 4) is 5.75 Å². The van der Waals surface area contributed by atoms with E-state index in [-0.39, 0.29) is 12.5 Å². The first kappa shape index (κ1) is 13.8. The van der Waals surface area contributed by atoms with E-state index in [0.29, 0.717) is 6.54 Å². The number of hydrogen-bond acceptors (Lipinski definition) is 4. The summed E-state index contributed by atoms with van der Waals surface area (Å²) in [6, 6.07) is 14.1. The monoisotopic (exact) mass is 300 g/mol. The van der Waals surface area contributed by atoms with Gasteiger partial charge in [-0.15, -0.1) is 11.8 Å². The highest BCUT2D eigenvalue weighted by Crippen LogP contribution is 2.28. The molecule has 2 N–H and O–H groups in total. The van der Waals surface area contributed by atoms with Crippen LogP contribution in [0, 0.1) is 0 Å². The Kier molecular flexibility index (Phi) is 4.01. The van der Waals surface area contributed by atoms with Gasteiger partial charge in [-0.25, -0.2) is 0 Å². The van der Waals surface area contributed by atoms with Gasteiger partial charge in [-0.3, -0.25) is 4.79 Å². The van der Waals surface area contributed by atoms with Gasteiger partial charge in [0.05, 0.1) is 5.69 Å². The molecule has 0 unspecified atom stereocenters. The molecule has 0 spiro atoms. The zero-order valence-electron chi connectivity index (χ0n) is 11.7. The van der Waals surface area contributed by atoms with E-state index in [4.69, 9.17) is 4.74 Å². The molecule has 0 fully saturated rings. The molecule has 21 heavy (non-hydrogen) atoms. The molecule has 0 saturated carbocycles. The molecule has 108 valence electrons. The third-order valence-electron chi connectivity index (χ3n) is 3.24. The molecule has 2 aromatic carbocycles. The average molecular weight is 300 g/mol. The van der Waals surface area contributed by atoms with E-state index >= 15 is 0 Å². The van der Waals surface area contributed by atoms with Crippen LogP contribution in [0.25, 0.3) is 0 Å². The van der Waals surface area contributed by atoms with Crippen molar-refractivity contribution in [3.63, 3.8) is 0 Å². The molecule has 0 aliphatic carbocycles. The largest absolute Gasteiger partial charge is 0.482 e. The lowest BCUT2D eigenvalue weighted by atomic mass is 10.1. The van der Waals surface area contributed by atoms with Crippen LogP contribution in [0.1, 0.15) is 5.56 Å². The Morgan fingerprint density at radius 3 is 3.05 bits per heavy atom. The number of ether oxygens (including phenoxy) is 1. The van der Waals surface area contributed by atoms with Gasteiger partial charge in [-0.1, -0.05) is 12.1 Å². The van der Waals surface area contributed by atoms with Crippen LogP contribution >= 0.6 is 11.8 Å². The summed E-state index contributed by atoms with van der Waals surface area (Å²) in [7, 11) is 0. The fraction of sp³-hybridized carbons (Fsp3) is 0.188. The summed E-state index contributed by atoms with van der Waals surface area (Å²) in [6.07, 6.45) is 2.06. The van der Waals surface area contributed by atoms with Gasteiger partial charge in [0.2, 0.25) is 0 Å². The zero-order chi connectivity index (χ0) is 14.7. The van der Waals surface area contributed by atoms with Gasteiger partial charge < -0.3 is 15.4 Å². The maximum Gasteiger partial charge on any atom is 0.262 e. The van der Waals surface area contributed by atoms with Crippen LogP contribution in [0.15, 0.2) is 47.4 Å². The van der Waals surface area contributed by atoms with Crippen LogP contribution < -0.4 is 15.4 Å². The van der Waals surface area contributed by atoms with Crippen molar-refractivity contribution in [2.24, 2.45) is 0 Å². The third kappa shape index (κ3) is 3.31. The molecule has 0 bridgehead atoms. The van der Waals surface area contributed by atoms with Gasteiger partial charge in [0, 0.05) is 17.1 Å². The Morgan fingerprint density at radius 1 is 1.29 bits per heavy atom. The maximum absolute atomic E-state index is 11.3. The van der Waals surface area contributed by atoms with E-state index < -0.39 is 0 Å². The highest BCUT2D eigenvalue weighted by Gasteiger charge is 2.15. The summed E-state index contributed by atoms with van der Waals surface area (Å²) < 4.78 is 5.35. The zero-order valence-corrected chi connectivity index (χ0v) is 12.5. The Hall–Kier alpha value is -2.14. The topological polar surface area (TPSA) is 50.4 Å². The minimum absolute atomic E-state index is 0.0894. The first-order valence-electron chi connectivity index (χ1n) is 6.68. The summed E-state index contributed by atoms with van der Waals surface area (Å²) >= 11 is 1.72. The van der Waals surface area contributed by atoms with E-state index in [1.807, 2.05) is 30.3 Å². The third-order valence-corrected chi connectivity index (χ3v) is 3.97. The lowest BCUT2D eigenvalue weighted by molar-refractivity contribution is -0.118. The van der Waals surface area contributed by atoms with Crippen molar-refractivity contribution in [1.82, 2.24) is 0 Å². The first-order valence-corrected chi connectivity index (χ1v) is 7.90. The van der Waals surface area contributed by atoms with Gasteiger partial charge in [0.25, 0.3) is 5.91 Å². The fourth-order valence-corrected chi connectivity index (χ4v) is 2.64. The molecule has 4 nitrogen and oxygen atoms in total.